The summed E-state index contributed by atoms with van der Waals surface area (Å²) >= 11 is 3.48. The van der Waals surface area contributed by atoms with E-state index >= 15 is 0 Å². The number of fused-ring (bicyclic) bond motifs is 1. The number of hydrogen-bond donors (Lipinski definition) is 1. The van der Waals surface area contributed by atoms with Gasteiger partial charge in [-0.05, 0) is 29.8 Å². The van der Waals surface area contributed by atoms with E-state index in [-0.39, 0.29) is 12.3 Å². The molecule has 120 valence electrons. The molecule has 2 aromatic rings. The van der Waals surface area contributed by atoms with Crippen LogP contribution < -0.4 is 19.5 Å². The van der Waals surface area contributed by atoms with E-state index in [1.165, 1.54) is 0 Å². The second-order valence-corrected chi connectivity index (χ2v) is 5.90. The minimum absolute atomic E-state index is 0.115. The molecular weight excluding hydrogens is 362 g/mol. The fraction of sp³-hybridized carbons (Fsp3) is 0.235. The van der Waals surface area contributed by atoms with Gasteiger partial charge in [-0.3, -0.25) is 4.79 Å². The minimum atomic E-state index is -0.115. The Kier molecular flexibility index (Phi) is 4.71. The summed E-state index contributed by atoms with van der Waals surface area (Å²) in [5.74, 6) is 1.95. The number of ether oxygens (including phenoxy) is 3. The van der Waals surface area contributed by atoms with Crippen LogP contribution in [0.15, 0.2) is 40.9 Å². The zero-order chi connectivity index (χ0) is 16.2. The van der Waals surface area contributed by atoms with Crippen LogP contribution in [0.4, 0.5) is 5.69 Å². The first-order valence-corrected chi connectivity index (χ1v) is 7.97. The van der Waals surface area contributed by atoms with Crippen molar-refractivity contribution in [3.8, 4) is 17.2 Å². The van der Waals surface area contributed by atoms with Crippen LogP contribution in [0.25, 0.3) is 0 Å². The molecule has 1 aliphatic rings. The van der Waals surface area contributed by atoms with Gasteiger partial charge in [-0.15, -0.1) is 0 Å². The molecule has 2 aromatic carbocycles. The summed E-state index contributed by atoms with van der Waals surface area (Å²) in [6.07, 6.45) is 0.231. The van der Waals surface area contributed by atoms with Crippen LogP contribution in [0.5, 0.6) is 17.2 Å². The van der Waals surface area contributed by atoms with Gasteiger partial charge in [0.05, 0.1) is 13.5 Å². The Labute approximate surface area is 142 Å². The Balaban J connectivity index is 1.72. The molecule has 0 saturated heterocycles. The van der Waals surface area contributed by atoms with Gasteiger partial charge >= 0.3 is 0 Å². The minimum Gasteiger partial charge on any atom is -0.497 e. The highest BCUT2D eigenvalue weighted by atomic mass is 79.9. The molecule has 0 saturated carbocycles. The number of hydrogen-bond acceptors (Lipinski definition) is 4. The third-order valence-electron chi connectivity index (χ3n) is 3.42. The number of anilines is 1. The van der Waals surface area contributed by atoms with Crippen LogP contribution in [-0.2, 0) is 11.2 Å². The van der Waals surface area contributed by atoms with Gasteiger partial charge in [0.1, 0.15) is 19.0 Å². The number of carbonyl (C=O) groups excluding carboxylic acids is 1. The van der Waals surface area contributed by atoms with Gasteiger partial charge in [-0.2, -0.15) is 0 Å². The lowest BCUT2D eigenvalue weighted by Crippen LogP contribution is -2.17. The predicted octanol–water partition coefficient (Wildman–Crippen LogP) is 3.41. The molecule has 0 aliphatic carbocycles. The van der Waals surface area contributed by atoms with E-state index in [2.05, 4.69) is 21.2 Å². The van der Waals surface area contributed by atoms with Gasteiger partial charge in [0.2, 0.25) is 5.91 Å². The Hall–Kier alpha value is -2.21. The van der Waals surface area contributed by atoms with E-state index in [4.69, 9.17) is 14.2 Å². The van der Waals surface area contributed by atoms with Gasteiger partial charge in [0, 0.05) is 16.2 Å². The van der Waals surface area contributed by atoms with Crippen LogP contribution in [-0.4, -0.2) is 26.2 Å². The monoisotopic (exact) mass is 377 g/mol. The van der Waals surface area contributed by atoms with Gasteiger partial charge in [0.15, 0.2) is 11.5 Å². The Morgan fingerprint density at radius 1 is 1.22 bits per heavy atom. The standard InChI is InChI=1S/C17H16BrNO4/c1-21-13-4-2-3-12(9-13)19-17(20)8-11-7-15-16(10-14(11)18)23-6-5-22-15/h2-4,7,9-10H,5-6,8H2,1H3,(H,19,20). The summed E-state index contributed by atoms with van der Waals surface area (Å²) in [5, 5.41) is 2.86. The number of halogens is 1. The summed E-state index contributed by atoms with van der Waals surface area (Å²) in [7, 11) is 1.59. The third kappa shape index (κ3) is 3.76. The quantitative estimate of drug-likeness (QED) is 0.886. The molecule has 0 spiro atoms. The average molecular weight is 378 g/mol. The normalized spacial score (nSPS) is 12.6. The topological polar surface area (TPSA) is 56.8 Å². The van der Waals surface area contributed by atoms with Crippen LogP contribution in [0.3, 0.4) is 0 Å². The molecule has 0 aromatic heterocycles. The highest BCUT2D eigenvalue weighted by Gasteiger charge is 2.16. The van der Waals surface area contributed by atoms with Crippen molar-refractivity contribution in [1.29, 1.82) is 0 Å². The molecule has 1 N–H and O–H groups in total. The molecule has 1 amide bonds. The van der Waals surface area contributed by atoms with Crippen molar-refractivity contribution in [3.05, 3.63) is 46.4 Å². The van der Waals surface area contributed by atoms with Crippen molar-refractivity contribution in [2.75, 3.05) is 25.6 Å². The number of nitrogens with one attached hydrogen (secondary N) is 1. The van der Waals surface area contributed by atoms with Crippen molar-refractivity contribution in [2.24, 2.45) is 0 Å². The predicted molar refractivity (Wildman–Crippen MR) is 90.5 cm³/mol. The maximum atomic E-state index is 12.3. The van der Waals surface area contributed by atoms with Crippen LogP contribution in [0.1, 0.15) is 5.56 Å². The molecule has 1 aliphatic heterocycles. The lowest BCUT2D eigenvalue weighted by molar-refractivity contribution is -0.115. The molecule has 6 heteroatoms. The number of amides is 1. The Bertz CT molecular complexity index is 733. The van der Waals surface area contributed by atoms with Crippen LogP contribution in [0, 0.1) is 0 Å². The number of methoxy groups -OCH3 is 1. The third-order valence-corrected chi connectivity index (χ3v) is 4.15. The van der Waals surface area contributed by atoms with E-state index in [9.17, 15) is 4.79 Å². The zero-order valence-electron chi connectivity index (χ0n) is 12.6. The summed E-state index contributed by atoms with van der Waals surface area (Å²) in [5.41, 5.74) is 1.54. The average Bonchev–Trinajstić information content (AvgIpc) is 2.55. The highest BCUT2D eigenvalue weighted by Crippen LogP contribution is 2.35. The second kappa shape index (κ2) is 6.91. The Morgan fingerprint density at radius 2 is 1.96 bits per heavy atom. The molecule has 23 heavy (non-hydrogen) atoms. The summed E-state index contributed by atoms with van der Waals surface area (Å²) in [4.78, 5) is 12.3. The lowest BCUT2D eigenvalue weighted by Gasteiger charge is -2.19. The SMILES string of the molecule is COc1cccc(NC(=O)Cc2cc3c(cc2Br)OCCO3)c1. The zero-order valence-corrected chi connectivity index (χ0v) is 14.2. The number of rotatable bonds is 4. The van der Waals surface area contributed by atoms with Crippen molar-refractivity contribution in [3.63, 3.8) is 0 Å². The fourth-order valence-corrected chi connectivity index (χ4v) is 2.78. The highest BCUT2D eigenvalue weighted by molar-refractivity contribution is 9.10. The molecule has 0 fully saturated rings. The molecule has 0 unspecified atom stereocenters. The smallest absolute Gasteiger partial charge is 0.228 e. The van der Waals surface area contributed by atoms with Crippen molar-refractivity contribution < 1.29 is 19.0 Å². The van der Waals surface area contributed by atoms with Crippen LogP contribution >= 0.6 is 15.9 Å². The molecule has 0 bridgehead atoms. The molecule has 0 radical (unpaired) electrons. The van der Waals surface area contributed by atoms with Gasteiger partial charge < -0.3 is 19.5 Å². The molecular formula is C17H16BrNO4. The van der Waals surface area contributed by atoms with E-state index in [1.807, 2.05) is 30.3 Å². The molecule has 0 atom stereocenters. The first kappa shape index (κ1) is 15.7. The van der Waals surface area contributed by atoms with E-state index in [0.717, 1.165) is 10.0 Å². The first-order valence-electron chi connectivity index (χ1n) is 7.17. The fourth-order valence-electron chi connectivity index (χ4n) is 2.32. The lowest BCUT2D eigenvalue weighted by atomic mass is 10.1. The summed E-state index contributed by atoms with van der Waals surface area (Å²) < 4.78 is 17.0. The molecule has 1 heterocycles. The first-order chi connectivity index (χ1) is 11.2. The van der Waals surface area contributed by atoms with Crippen molar-refractivity contribution in [2.45, 2.75) is 6.42 Å². The number of carbonyl (C=O) groups is 1. The largest absolute Gasteiger partial charge is 0.497 e. The van der Waals surface area contributed by atoms with Crippen molar-refractivity contribution >= 4 is 27.5 Å². The molecule has 5 nitrogen and oxygen atoms in total. The second-order valence-electron chi connectivity index (χ2n) is 5.04. The van der Waals surface area contributed by atoms with Gasteiger partial charge in [-0.25, -0.2) is 0 Å². The molecule has 3 rings (SSSR count). The Morgan fingerprint density at radius 3 is 2.70 bits per heavy atom. The van der Waals surface area contributed by atoms with Gasteiger partial charge in [0.25, 0.3) is 0 Å². The van der Waals surface area contributed by atoms with E-state index in [1.54, 1.807) is 13.2 Å². The maximum Gasteiger partial charge on any atom is 0.228 e. The van der Waals surface area contributed by atoms with Crippen molar-refractivity contribution in [1.82, 2.24) is 0 Å². The number of benzene rings is 2. The van der Waals surface area contributed by atoms with Gasteiger partial charge in [-0.1, -0.05) is 22.0 Å². The summed E-state index contributed by atoms with van der Waals surface area (Å²) in [6, 6.07) is 10.9. The van der Waals surface area contributed by atoms with Crippen LogP contribution in [0.2, 0.25) is 0 Å². The van der Waals surface area contributed by atoms with E-state index in [0.29, 0.717) is 36.1 Å². The van der Waals surface area contributed by atoms with E-state index < -0.39 is 0 Å². The maximum absolute atomic E-state index is 12.3. The summed E-state index contributed by atoms with van der Waals surface area (Å²) in [6.45, 7) is 1.05.